The molecule has 2 aliphatic rings. The maximum absolute atomic E-state index is 12.7. The van der Waals surface area contributed by atoms with Crippen molar-refractivity contribution in [2.45, 2.75) is 18.8 Å². The van der Waals surface area contributed by atoms with Crippen LogP contribution >= 0.6 is 0 Å². The van der Waals surface area contributed by atoms with Gasteiger partial charge in [-0.05, 0) is 5.92 Å². The van der Waals surface area contributed by atoms with Crippen LogP contribution in [0.2, 0.25) is 0 Å². The molecule has 1 amide bonds. The van der Waals surface area contributed by atoms with E-state index in [1.807, 2.05) is 0 Å². The van der Waals surface area contributed by atoms with Gasteiger partial charge in [-0.15, -0.1) is 0 Å². The van der Waals surface area contributed by atoms with Crippen LogP contribution < -0.4 is 5.32 Å². The summed E-state index contributed by atoms with van der Waals surface area (Å²) in [7, 11) is 0. The van der Waals surface area contributed by atoms with Crippen LogP contribution in [-0.2, 0) is 4.79 Å². The van der Waals surface area contributed by atoms with Crippen LogP contribution in [0.3, 0.4) is 0 Å². The molecule has 2 nitrogen and oxygen atoms in total. The molecular weight excluding hydrogens is 152 g/mol. The molecule has 1 aliphatic heterocycles. The quantitative estimate of drug-likeness (QED) is 0.558. The van der Waals surface area contributed by atoms with E-state index in [-0.39, 0.29) is 24.7 Å². The van der Waals surface area contributed by atoms with E-state index in [0.717, 1.165) is 0 Å². The minimum absolute atomic E-state index is 0.113. The second kappa shape index (κ2) is 1.93. The number of carbonyl (C=O) groups excluding carboxylic acids is 1. The fourth-order valence-electron chi connectivity index (χ4n) is 1.98. The number of hydrogen-bond donors (Lipinski definition) is 1. The molecule has 0 spiro atoms. The fraction of sp³-hybridized carbons (Fsp3) is 0.857. The van der Waals surface area contributed by atoms with Crippen molar-refractivity contribution in [2.24, 2.45) is 11.8 Å². The second-order valence-corrected chi connectivity index (χ2v) is 3.38. The van der Waals surface area contributed by atoms with Crippen LogP contribution in [0.25, 0.3) is 0 Å². The molecule has 0 bridgehead atoms. The van der Waals surface area contributed by atoms with Crippen molar-refractivity contribution in [3.63, 3.8) is 0 Å². The molecule has 1 aliphatic carbocycles. The molecule has 2 rings (SSSR count). The minimum Gasteiger partial charge on any atom is -0.356 e. The first-order valence-electron chi connectivity index (χ1n) is 3.74. The molecule has 4 heteroatoms. The van der Waals surface area contributed by atoms with Crippen LogP contribution in [0.5, 0.6) is 0 Å². The zero-order valence-corrected chi connectivity index (χ0v) is 5.94. The van der Waals surface area contributed by atoms with Gasteiger partial charge < -0.3 is 5.32 Å². The van der Waals surface area contributed by atoms with E-state index in [0.29, 0.717) is 6.54 Å². The van der Waals surface area contributed by atoms with E-state index in [9.17, 15) is 13.6 Å². The lowest BCUT2D eigenvalue weighted by Gasteiger charge is -2.08. The van der Waals surface area contributed by atoms with Gasteiger partial charge in [0.15, 0.2) is 0 Å². The van der Waals surface area contributed by atoms with Crippen molar-refractivity contribution in [1.82, 2.24) is 5.32 Å². The number of halogens is 2. The fourth-order valence-corrected chi connectivity index (χ4v) is 1.98. The Morgan fingerprint density at radius 2 is 2.18 bits per heavy atom. The Balaban J connectivity index is 2.16. The number of rotatable bonds is 0. The molecule has 1 saturated carbocycles. The number of fused-ring (bicyclic) bond motifs is 1. The molecule has 0 radical (unpaired) electrons. The maximum atomic E-state index is 12.7. The number of nitrogens with one attached hydrogen (secondary N) is 1. The van der Waals surface area contributed by atoms with Gasteiger partial charge in [0.1, 0.15) is 0 Å². The highest BCUT2D eigenvalue weighted by molar-refractivity contribution is 5.81. The zero-order chi connectivity index (χ0) is 8.06. The summed E-state index contributed by atoms with van der Waals surface area (Å²) in [6.07, 6.45) is -0.361. The molecule has 11 heavy (non-hydrogen) atoms. The average molecular weight is 161 g/mol. The van der Waals surface area contributed by atoms with E-state index in [4.69, 9.17) is 0 Å². The Bertz CT molecular complexity index is 205. The van der Waals surface area contributed by atoms with Crippen LogP contribution in [0.15, 0.2) is 0 Å². The van der Waals surface area contributed by atoms with Gasteiger partial charge in [-0.1, -0.05) is 0 Å². The van der Waals surface area contributed by atoms with E-state index < -0.39 is 11.8 Å². The van der Waals surface area contributed by atoms with Crippen molar-refractivity contribution in [3.8, 4) is 0 Å². The Labute approximate surface area is 63.0 Å². The van der Waals surface area contributed by atoms with E-state index in [2.05, 4.69) is 5.32 Å². The van der Waals surface area contributed by atoms with Gasteiger partial charge in [0, 0.05) is 25.3 Å². The highest BCUT2D eigenvalue weighted by Gasteiger charge is 2.51. The maximum Gasteiger partial charge on any atom is 0.249 e. The SMILES string of the molecule is O=C1NCC2CC(F)(F)CC12. The van der Waals surface area contributed by atoms with Gasteiger partial charge in [-0.25, -0.2) is 8.78 Å². The zero-order valence-electron chi connectivity index (χ0n) is 5.94. The van der Waals surface area contributed by atoms with Gasteiger partial charge in [-0.2, -0.15) is 0 Å². The third-order valence-corrected chi connectivity index (χ3v) is 2.52. The summed E-state index contributed by atoms with van der Waals surface area (Å²) < 4.78 is 25.3. The summed E-state index contributed by atoms with van der Waals surface area (Å²) >= 11 is 0. The smallest absolute Gasteiger partial charge is 0.249 e. The summed E-state index contributed by atoms with van der Waals surface area (Å²) in [6.45, 7) is 0.444. The largest absolute Gasteiger partial charge is 0.356 e. The van der Waals surface area contributed by atoms with Crippen LogP contribution in [0.1, 0.15) is 12.8 Å². The predicted octanol–water partition coefficient (Wildman–Crippen LogP) is 0.778. The van der Waals surface area contributed by atoms with Gasteiger partial charge in [-0.3, -0.25) is 4.79 Å². The highest BCUT2D eigenvalue weighted by atomic mass is 19.3. The summed E-state index contributed by atoms with van der Waals surface area (Å²) in [4.78, 5) is 10.9. The van der Waals surface area contributed by atoms with Gasteiger partial charge in [0.25, 0.3) is 0 Å². The third-order valence-electron chi connectivity index (χ3n) is 2.52. The van der Waals surface area contributed by atoms with Crippen molar-refractivity contribution >= 4 is 5.91 Å². The van der Waals surface area contributed by atoms with Crippen molar-refractivity contribution in [1.29, 1.82) is 0 Å². The van der Waals surface area contributed by atoms with Crippen LogP contribution in [-0.4, -0.2) is 18.4 Å². The standard InChI is InChI=1S/C7H9F2NO/c8-7(9)1-4-3-10-6(11)5(4)2-7/h4-5H,1-3H2,(H,10,11). The summed E-state index contributed by atoms with van der Waals surface area (Å²) in [6, 6.07) is 0. The first-order valence-corrected chi connectivity index (χ1v) is 3.74. The lowest BCUT2D eigenvalue weighted by Crippen LogP contribution is -2.23. The van der Waals surface area contributed by atoms with Crippen LogP contribution in [0, 0.1) is 11.8 Å². The Morgan fingerprint density at radius 3 is 2.82 bits per heavy atom. The summed E-state index contributed by atoms with van der Waals surface area (Å²) in [5.41, 5.74) is 0. The van der Waals surface area contributed by atoms with Crippen LogP contribution in [0.4, 0.5) is 8.78 Å². The number of carbonyl (C=O) groups is 1. The predicted molar refractivity (Wildman–Crippen MR) is 34.2 cm³/mol. The molecule has 2 atom stereocenters. The highest BCUT2D eigenvalue weighted by Crippen LogP contribution is 2.44. The van der Waals surface area contributed by atoms with Gasteiger partial charge in [0.05, 0.1) is 0 Å². The van der Waals surface area contributed by atoms with Crippen molar-refractivity contribution in [2.75, 3.05) is 6.54 Å². The summed E-state index contributed by atoms with van der Waals surface area (Å²) in [5, 5.41) is 2.59. The normalized spacial score (nSPS) is 40.4. The Hall–Kier alpha value is -0.670. The molecule has 1 heterocycles. The first kappa shape index (κ1) is 7.00. The molecule has 1 saturated heterocycles. The number of alkyl halides is 2. The van der Waals surface area contributed by atoms with Gasteiger partial charge in [0.2, 0.25) is 11.8 Å². The minimum atomic E-state index is -2.59. The molecule has 2 fully saturated rings. The molecule has 2 unspecified atom stereocenters. The molecule has 62 valence electrons. The summed E-state index contributed by atoms with van der Waals surface area (Å²) in [5.74, 6) is -3.30. The van der Waals surface area contributed by atoms with Gasteiger partial charge >= 0.3 is 0 Å². The second-order valence-electron chi connectivity index (χ2n) is 3.38. The molecule has 1 N–H and O–H groups in total. The van der Waals surface area contributed by atoms with Crippen molar-refractivity contribution < 1.29 is 13.6 Å². The molecule has 0 aromatic rings. The Kier molecular flexibility index (Phi) is 1.23. The van der Waals surface area contributed by atoms with E-state index >= 15 is 0 Å². The third kappa shape index (κ3) is 1.01. The monoisotopic (exact) mass is 161 g/mol. The molecular formula is C7H9F2NO. The number of amides is 1. The topological polar surface area (TPSA) is 29.1 Å². The Morgan fingerprint density at radius 1 is 1.45 bits per heavy atom. The molecule has 0 aromatic heterocycles. The first-order chi connectivity index (χ1) is 5.08. The average Bonchev–Trinajstić information content (AvgIpc) is 2.31. The van der Waals surface area contributed by atoms with E-state index in [1.165, 1.54) is 0 Å². The van der Waals surface area contributed by atoms with E-state index in [1.54, 1.807) is 0 Å². The lowest BCUT2D eigenvalue weighted by molar-refractivity contribution is -0.123. The number of hydrogen-bond acceptors (Lipinski definition) is 1. The molecule has 0 aromatic carbocycles. The van der Waals surface area contributed by atoms with Crippen molar-refractivity contribution in [3.05, 3.63) is 0 Å². The lowest BCUT2D eigenvalue weighted by atomic mass is 10.0.